The summed E-state index contributed by atoms with van der Waals surface area (Å²) in [6, 6.07) is 0. The lowest BCUT2D eigenvalue weighted by Crippen LogP contribution is -2.36. The molecule has 0 aromatic carbocycles. The third kappa shape index (κ3) is 5.94. The first kappa shape index (κ1) is 16.5. The summed E-state index contributed by atoms with van der Waals surface area (Å²) in [7, 11) is 1.94. The molecule has 0 aromatic rings. The molecule has 1 amide bonds. The Bertz CT molecular complexity index is 275. The Balaban J connectivity index is 2.34. The molecule has 1 aliphatic carbocycles. The highest BCUT2D eigenvalue weighted by Gasteiger charge is 2.28. The Hall–Kier alpha value is -0.570. The van der Waals surface area contributed by atoms with Gasteiger partial charge in [0.05, 0.1) is 0 Å². The smallest absolute Gasteiger partial charge is 0.225 e. The first-order chi connectivity index (χ1) is 8.83. The van der Waals surface area contributed by atoms with Gasteiger partial charge in [0.1, 0.15) is 0 Å². The zero-order valence-electron chi connectivity index (χ0n) is 13.1. The van der Waals surface area contributed by atoms with E-state index in [2.05, 4.69) is 20.8 Å². The van der Waals surface area contributed by atoms with Crippen LogP contribution in [0.1, 0.15) is 59.3 Å². The standard InChI is InChI=1S/C16H31NO2/c1-16(2,3)10-11-17(4)15(19)14-7-5-13(6-8-14)9-12-18/h13-14,18H,5-12H2,1-4H3. The molecule has 0 saturated heterocycles. The molecule has 1 saturated carbocycles. The molecule has 19 heavy (non-hydrogen) atoms. The van der Waals surface area contributed by atoms with Crippen molar-refractivity contribution in [3.8, 4) is 0 Å². The molecule has 0 aromatic heterocycles. The van der Waals surface area contributed by atoms with Crippen LogP contribution in [0, 0.1) is 17.3 Å². The number of carbonyl (C=O) groups excluding carboxylic acids is 1. The predicted molar refractivity (Wildman–Crippen MR) is 78.9 cm³/mol. The lowest BCUT2D eigenvalue weighted by Gasteiger charge is -2.31. The highest BCUT2D eigenvalue weighted by molar-refractivity contribution is 5.78. The SMILES string of the molecule is CN(CCC(C)(C)C)C(=O)C1CCC(CCO)CC1. The van der Waals surface area contributed by atoms with Crippen LogP contribution in [0.4, 0.5) is 0 Å². The van der Waals surface area contributed by atoms with Gasteiger partial charge in [-0.05, 0) is 49.9 Å². The van der Waals surface area contributed by atoms with E-state index in [1.807, 2.05) is 11.9 Å². The maximum absolute atomic E-state index is 12.4. The van der Waals surface area contributed by atoms with Crippen LogP contribution in [-0.4, -0.2) is 36.1 Å². The summed E-state index contributed by atoms with van der Waals surface area (Å²) >= 11 is 0. The second kappa shape index (κ2) is 7.28. The second-order valence-corrected chi connectivity index (χ2v) is 7.30. The number of aliphatic hydroxyl groups excluding tert-OH is 1. The van der Waals surface area contributed by atoms with Gasteiger partial charge in [-0.3, -0.25) is 4.79 Å². The van der Waals surface area contributed by atoms with Crippen LogP contribution < -0.4 is 0 Å². The number of nitrogens with zero attached hydrogens (tertiary/aromatic N) is 1. The summed E-state index contributed by atoms with van der Waals surface area (Å²) in [6.45, 7) is 7.79. The molecule has 0 unspecified atom stereocenters. The molecule has 1 aliphatic rings. The highest BCUT2D eigenvalue weighted by Crippen LogP contribution is 2.31. The number of rotatable bonds is 5. The molecule has 0 spiro atoms. The quantitative estimate of drug-likeness (QED) is 0.833. The third-order valence-electron chi connectivity index (χ3n) is 4.31. The monoisotopic (exact) mass is 269 g/mol. The van der Waals surface area contributed by atoms with Gasteiger partial charge in [-0.25, -0.2) is 0 Å². The minimum Gasteiger partial charge on any atom is -0.396 e. The number of hydrogen-bond acceptors (Lipinski definition) is 2. The van der Waals surface area contributed by atoms with Gasteiger partial charge in [0.2, 0.25) is 5.91 Å². The Morgan fingerprint density at radius 3 is 2.26 bits per heavy atom. The molecule has 0 heterocycles. The van der Waals surface area contributed by atoms with E-state index < -0.39 is 0 Å². The van der Waals surface area contributed by atoms with Crippen LogP contribution >= 0.6 is 0 Å². The first-order valence-electron chi connectivity index (χ1n) is 7.69. The van der Waals surface area contributed by atoms with E-state index in [4.69, 9.17) is 5.11 Å². The summed E-state index contributed by atoms with van der Waals surface area (Å²) in [6.07, 6.45) is 6.16. The molecule has 1 N–H and O–H groups in total. The van der Waals surface area contributed by atoms with E-state index in [0.717, 1.165) is 45.1 Å². The minimum atomic E-state index is 0.222. The topological polar surface area (TPSA) is 40.5 Å². The van der Waals surface area contributed by atoms with Crippen molar-refractivity contribution in [1.29, 1.82) is 0 Å². The summed E-state index contributed by atoms with van der Waals surface area (Å²) in [5.41, 5.74) is 0.285. The van der Waals surface area contributed by atoms with Crippen molar-refractivity contribution in [2.24, 2.45) is 17.3 Å². The minimum absolute atomic E-state index is 0.222. The van der Waals surface area contributed by atoms with E-state index in [1.165, 1.54) is 0 Å². The number of carbonyl (C=O) groups is 1. The van der Waals surface area contributed by atoms with Gasteiger partial charge in [-0.2, -0.15) is 0 Å². The molecule has 3 heteroatoms. The lowest BCUT2D eigenvalue weighted by atomic mass is 9.80. The molecule has 0 atom stereocenters. The summed E-state index contributed by atoms with van der Waals surface area (Å²) < 4.78 is 0. The Labute approximate surface area is 118 Å². The second-order valence-electron chi connectivity index (χ2n) is 7.30. The van der Waals surface area contributed by atoms with Crippen LogP contribution in [0.5, 0.6) is 0 Å². The van der Waals surface area contributed by atoms with Gasteiger partial charge in [-0.1, -0.05) is 20.8 Å². The van der Waals surface area contributed by atoms with Crippen molar-refractivity contribution in [1.82, 2.24) is 4.90 Å². The Morgan fingerprint density at radius 1 is 1.21 bits per heavy atom. The van der Waals surface area contributed by atoms with Crippen LogP contribution in [0.2, 0.25) is 0 Å². The fourth-order valence-corrected chi connectivity index (χ4v) is 2.81. The van der Waals surface area contributed by atoms with Crippen LogP contribution in [-0.2, 0) is 4.79 Å². The van der Waals surface area contributed by atoms with E-state index in [9.17, 15) is 4.79 Å². The molecule has 1 rings (SSSR count). The molecule has 112 valence electrons. The Morgan fingerprint density at radius 2 is 1.79 bits per heavy atom. The largest absolute Gasteiger partial charge is 0.396 e. The van der Waals surface area contributed by atoms with Gasteiger partial charge in [0, 0.05) is 26.1 Å². The lowest BCUT2D eigenvalue weighted by molar-refractivity contribution is -0.135. The van der Waals surface area contributed by atoms with Gasteiger partial charge in [-0.15, -0.1) is 0 Å². The van der Waals surface area contributed by atoms with Crippen LogP contribution in [0.3, 0.4) is 0 Å². The fraction of sp³-hybridized carbons (Fsp3) is 0.938. The van der Waals surface area contributed by atoms with Crippen molar-refractivity contribution in [3.63, 3.8) is 0 Å². The van der Waals surface area contributed by atoms with E-state index in [1.54, 1.807) is 0 Å². The molecule has 0 radical (unpaired) electrons. The normalized spacial score (nSPS) is 24.3. The highest BCUT2D eigenvalue weighted by atomic mass is 16.3. The van der Waals surface area contributed by atoms with Crippen molar-refractivity contribution in [2.45, 2.75) is 59.3 Å². The van der Waals surface area contributed by atoms with E-state index in [-0.39, 0.29) is 17.9 Å². The number of amides is 1. The molecular formula is C16H31NO2. The zero-order chi connectivity index (χ0) is 14.5. The molecule has 1 fully saturated rings. The van der Waals surface area contributed by atoms with Crippen LogP contribution in [0.25, 0.3) is 0 Å². The summed E-state index contributed by atoms with van der Waals surface area (Å²) in [5.74, 6) is 1.18. The van der Waals surface area contributed by atoms with Crippen molar-refractivity contribution >= 4 is 5.91 Å². The average molecular weight is 269 g/mol. The molecule has 3 nitrogen and oxygen atoms in total. The fourth-order valence-electron chi connectivity index (χ4n) is 2.81. The van der Waals surface area contributed by atoms with Crippen molar-refractivity contribution < 1.29 is 9.90 Å². The van der Waals surface area contributed by atoms with Gasteiger partial charge >= 0.3 is 0 Å². The van der Waals surface area contributed by atoms with E-state index in [0.29, 0.717) is 11.8 Å². The first-order valence-corrected chi connectivity index (χ1v) is 7.69. The average Bonchev–Trinajstić information content (AvgIpc) is 2.35. The molecular weight excluding hydrogens is 238 g/mol. The predicted octanol–water partition coefficient (Wildman–Crippen LogP) is 3.07. The van der Waals surface area contributed by atoms with Crippen molar-refractivity contribution in [2.75, 3.05) is 20.2 Å². The van der Waals surface area contributed by atoms with Crippen LogP contribution in [0.15, 0.2) is 0 Å². The number of hydrogen-bond donors (Lipinski definition) is 1. The summed E-state index contributed by atoms with van der Waals surface area (Å²) in [5, 5.41) is 8.95. The Kier molecular flexibility index (Phi) is 6.31. The van der Waals surface area contributed by atoms with Crippen molar-refractivity contribution in [3.05, 3.63) is 0 Å². The maximum Gasteiger partial charge on any atom is 0.225 e. The third-order valence-corrected chi connectivity index (χ3v) is 4.31. The maximum atomic E-state index is 12.4. The van der Waals surface area contributed by atoms with Gasteiger partial charge < -0.3 is 10.0 Å². The zero-order valence-corrected chi connectivity index (χ0v) is 13.1. The van der Waals surface area contributed by atoms with Gasteiger partial charge in [0.25, 0.3) is 0 Å². The number of aliphatic hydroxyl groups is 1. The molecule has 0 bridgehead atoms. The van der Waals surface area contributed by atoms with Gasteiger partial charge in [0.15, 0.2) is 0 Å². The summed E-state index contributed by atoms with van der Waals surface area (Å²) in [4.78, 5) is 14.3. The van der Waals surface area contributed by atoms with E-state index >= 15 is 0 Å². The molecule has 0 aliphatic heterocycles.